The van der Waals surface area contributed by atoms with Crippen LogP contribution < -0.4 is 0 Å². The third-order valence-corrected chi connectivity index (χ3v) is 2.84. The first-order valence-electron chi connectivity index (χ1n) is 5.30. The average Bonchev–Trinajstić information content (AvgIpc) is 2.56. The lowest BCUT2D eigenvalue weighted by Crippen LogP contribution is -2.26. The molecule has 0 aromatic carbocycles. The van der Waals surface area contributed by atoms with Gasteiger partial charge in [0.05, 0.1) is 0 Å². The van der Waals surface area contributed by atoms with Crippen LogP contribution in [0.25, 0.3) is 0 Å². The molecule has 2 rings (SSSR count). The molecule has 0 radical (unpaired) electrons. The van der Waals surface area contributed by atoms with E-state index in [1.54, 1.807) is 0 Å². The largest absolute Gasteiger partial charge is 0.480 e. The van der Waals surface area contributed by atoms with Crippen molar-refractivity contribution in [1.29, 1.82) is 0 Å². The van der Waals surface area contributed by atoms with Gasteiger partial charge >= 0.3 is 5.97 Å². The molecule has 100 valence electrons. The molecule has 0 saturated carbocycles. The Morgan fingerprint density at radius 3 is 2.72 bits per heavy atom. The molecular weight excluding hydrogens is 256 g/mol. The van der Waals surface area contributed by atoms with Gasteiger partial charge in [-0.2, -0.15) is 13.9 Å². The van der Waals surface area contributed by atoms with Gasteiger partial charge < -0.3 is 5.11 Å². The van der Waals surface area contributed by atoms with E-state index in [1.807, 2.05) is 0 Å². The van der Waals surface area contributed by atoms with E-state index in [-0.39, 0.29) is 18.4 Å². The molecule has 1 aliphatic carbocycles. The molecule has 0 amide bonds. The topological polar surface area (TPSA) is 55.1 Å². The zero-order valence-corrected chi connectivity index (χ0v) is 9.17. The summed E-state index contributed by atoms with van der Waals surface area (Å²) in [7, 11) is 0. The lowest BCUT2D eigenvalue weighted by molar-refractivity contribution is -0.138. The predicted molar refractivity (Wildman–Crippen MR) is 51.7 cm³/mol. The maximum atomic E-state index is 13.7. The summed E-state index contributed by atoms with van der Waals surface area (Å²) in [5.41, 5.74) is -1.61. The molecule has 0 spiro atoms. The van der Waals surface area contributed by atoms with Crippen molar-refractivity contribution in [3.63, 3.8) is 0 Å². The maximum absolute atomic E-state index is 13.7. The Hall–Kier alpha value is -1.60. The smallest absolute Gasteiger partial charge is 0.325 e. The molecule has 1 aromatic heterocycles. The first-order chi connectivity index (χ1) is 8.33. The summed E-state index contributed by atoms with van der Waals surface area (Å²) in [6.45, 7) is -0.843. The molecular formula is C10H10F4N2O2. The number of alkyl halides is 4. The number of rotatable bonds is 3. The van der Waals surface area contributed by atoms with Crippen molar-refractivity contribution in [2.24, 2.45) is 0 Å². The molecule has 1 aliphatic rings. The first kappa shape index (κ1) is 12.8. The molecule has 1 N–H and O–H groups in total. The van der Waals surface area contributed by atoms with Crippen LogP contribution in [0.5, 0.6) is 0 Å². The second-order valence-electron chi connectivity index (χ2n) is 4.12. The monoisotopic (exact) mass is 266 g/mol. The summed E-state index contributed by atoms with van der Waals surface area (Å²) < 4.78 is 53.2. The summed E-state index contributed by atoms with van der Waals surface area (Å²) in [6, 6.07) is 0. The van der Waals surface area contributed by atoms with Crippen LogP contribution in [0.2, 0.25) is 0 Å². The van der Waals surface area contributed by atoms with E-state index < -0.39 is 42.7 Å². The Bertz CT molecular complexity index is 484. The van der Waals surface area contributed by atoms with Crippen molar-refractivity contribution in [3.8, 4) is 0 Å². The van der Waals surface area contributed by atoms with Gasteiger partial charge in [-0.3, -0.25) is 9.48 Å². The van der Waals surface area contributed by atoms with Crippen molar-refractivity contribution in [1.82, 2.24) is 9.78 Å². The van der Waals surface area contributed by atoms with E-state index in [4.69, 9.17) is 5.11 Å². The third-order valence-electron chi connectivity index (χ3n) is 2.84. The van der Waals surface area contributed by atoms with Crippen LogP contribution in [0.1, 0.15) is 36.2 Å². The Morgan fingerprint density at radius 1 is 1.50 bits per heavy atom. The molecule has 4 nitrogen and oxygen atoms in total. The highest BCUT2D eigenvalue weighted by molar-refractivity contribution is 5.66. The molecule has 0 unspecified atom stereocenters. The van der Waals surface area contributed by atoms with Crippen molar-refractivity contribution in [2.45, 2.75) is 38.2 Å². The quantitative estimate of drug-likeness (QED) is 0.854. The number of aromatic nitrogens is 2. The standard InChI is InChI=1S/C10H10F4N2O2/c11-9(12)7-5-2-1-3-10(13,14)8(5)16(15-7)4-6(17)18/h9H,1-4H2,(H,17,18). The number of carbonyl (C=O) groups is 1. The van der Waals surface area contributed by atoms with Gasteiger partial charge in [-0.1, -0.05) is 0 Å². The van der Waals surface area contributed by atoms with E-state index >= 15 is 0 Å². The van der Waals surface area contributed by atoms with Crippen molar-refractivity contribution in [2.75, 3.05) is 0 Å². The van der Waals surface area contributed by atoms with Crippen molar-refractivity contribution in [3.05, 3.63) is 17.0 Å². The minimum atomic E-state index is -3.30. The summed E-state index contributed by atoms with van der Waals surface area (Å²) in [6.07, 6.45) is -3.31. The zero-order chi connectivity index (χ0) is 13.5. The van der Waals surface area contributed by atoms with E-state index in [9.17, 15) is 22.4 Å². The second kappa shape index (κ2) is 4.25. The van der Waals surface area contributed by atoms with Crippen LogP contribution in [0, 0.1) is 0 Å². The Morgan fingerprint density at radius 2 is 2.17 bits per heavy atom. The molecule has 0 saturated heterocycles. The molecule has 1 heterocycles. The summed E-state index contributed by atoms with van der Waals surface area (Å²) in [4.78, 5) is 10.6. The highest BCUT2D eigenvalue weighted by Crippen LogP contribution is 2.42. The van der Waals surface area contributed by atoms with Crippen LogP contribution in [0.15, 0.2) is 0 Å². The predicted octanol–water partition coefficient (Wildman–Crippen LogP) is 2.33. The summed E-state index contributed by atoms with van der Waals surface area (Å²) in [5, 5.41) is 11.9. The van der Waals surface area contributed by atoms with Crippen molar-refractivity contribution >= 4 is 5.97 Å². The van der Waals surface area contributed by atoms with Gasteiger partial charge in [0, 0.05) is 12.0 Å². The Balaban J connectivity index is 2.57. The minimum Gasteiger partial charge on any atom is -0.480 e. The second-order valence-corrected chi connectivity index (χ2v) is 4.12. The van der Waals surface area contributed by atoms with E-state index in [0.717, 1.165) is 0 Å². The molecule has 0 fully saturated rings. The van der Waals surface area contributed by atoms with Gasteiger partial charge in [0.25, 0.3) is 12.3 Å². The highest BCUT2D eigenvalue weighted by Gasteiger charge is 2.43. The molecule has 8 heteroatoms. The number of hydrogen-bond acceptors (Lipinski definition) is 2. The molecule has 1 aromatic rings. The fourth-order valence-corrected chi connectivity index (χ4v) is 2.20. The number of aliphatic carboxylic acids is 1. The molecule has 0 aliphatic heterocycles. The van der Waals surface area contributed by atoms with Crippen molar-refractivity contribution < 1.29 is 27.5 Å². The maximum Gasteiger partial charge on any atom is 0.325 e. The van der Waals surface area contributed by atoms with E-state index in [2.05, 4.69) is 5.10 Å². The third kappa shape index (κ3) is 2.06. The van der Waals surface area contributed by atoms with Gasteiger partial charge in [-0.25, -0.2) is 8.78 Å². The van der Waals surface area contributed by atoms with Gasteiger partial charge in [-0.15, -0.1) is 0 Å². The Labute approximate surface area is 99.2 Å². The fourth-order valence-electron chi connectivity index (χ4n) is 2.20. The van der Waals surface area contributed by atoms with Crippen LogP contribution in [0.4, 0.5) is 17.6 Å². The van der Waals surface area contributed by atoms with Gasteiger partial charge in [0.15, 0.2) is 0 Å². The van der Waals surface area contributed by atoms with E-state index in [0.29, 0.717) is 4.68 Å². The highest BCUT2D eigenvalue weighted by atomic mass is 19.3. The SMILES string of the molecule is O=C(O)Cn1nc(C(F)F)c2c1C(F)(F)CCC2. The molecule has 0 atom stereocenters. The summed E-state index contributed by atoms with van der Waals surface area (Å²) in [5.74, 6) is -4.70. The van der Waals surface area contributed by atoms with E-state index in [1.165, 1.54) is 0 Å². The normalized spacial score (nSPS) is 17.8. The van der Waals surface area contributed by atoms with Crippen LogP contribution in [-0.2, 0) is 23.7 Å². The molecule has 18 heavy (non-hydrogen) atoms. The van der Waals surface area contributed by atoms with Gasteiger partial charge in [0.2, 0.25) is 0 Å². The average molecular weight is 266 g/mol. The van der Waals surface area contributed by atoms with Crippen LogP contribution >= 0.6 is 0 Å². The van der Waals surface area contributed by atoms with Crippen LogP contribution in [0.3, 0.4) is 0 Å². The first-order valence-corrected chi connectivity index (χ1v) is 5.30. The van der Waals surface area contributed by atoms with Gasteiger partial charge in [0.1, 0.15) is 17.9 Å². The lowest BCUT2D eigenvalue weighted by Gasteiger charge is -2.23. The number of halogens is 4. The number of carboxylic acids is 1. The number of nitrogens with zero attached hydrogens (tertiary/aromatic N) is 2. The number of fused-ring (bicyclic) bond motifs is 1. The minimum absolute atomic E-state index is 0.0736. The fraction of sp³-hybridized carbons (Fsp3) is 0.600. The molecule has 0 bridgehead atoms. The number of hydrogen-bond donors (Lipinski definition) is 1. The lowest BCUT2D eigenvalue weighted by atomic mass is 9.92. The number of carboxylic acid groups (broad SMARTS) is 1. The summed E-state index contributed by atoms with van der Waals surface area (Å²) >= 11 is 0. The van der Waals surface area contributed by atoms with Crippen LogP contribution in [-0.4, -0.2) is 20.9 Å². The van der Waals surface area contributed by atoms with Gasteiger partial charge in [-0.05, 0) is 12.8 Å². The zero-order valence-electron chi connectivity index (χ0n) is 9.17. The Kier molecular flexibility index (Phi) is 3.04.